The highest BCUT2D eigenvalue weighted by molar-refractivity contribution is 7.09. The molecule has 0 bridgehead atoms. The average molecular weight is 352 g/mol. The molecule has 134 valence electrons. The average Bonchev–Trinajstić information content (AvgIpc) is 3.23. The summed E-state index contributed by atoms with van der Waals surface area (Å²) in [5.41, 5.74) is 1.11. The minimum atomic E-state index is 0.116. The monoisotopic (exact) mass is 351 g/mol. The fourth-order valence-corrected chi connectivity index (χ4v) is 3.44. The van der Waals surface area contributed by atoms with Gasteiger partial charge in [-0.15, -0.1) is 11.3 Å². The largest absolute Gasteiger partial charge is 0.357 e. The number of carbonyl (C=O) groups excluding carboxylic acids is 1. The lowest BCUT2D eigenvalue weighted by atomic mass is 10.2. The van der Waals surface area contributed by atoms with Gasteiger partial charge in [-0.05, 0) is 19.8 Å². The summed E-state index contributed by atoms with van der Waals surface area (Å²) < 4.78 is 0. The molecule has 1 aliphatic rings. The van der Waals surface area contributed by atoms with Crippen LogP contribution < -0.4 is 10.6 Å². The van der Waals surface area contributed by atoms with E-state index < -0.39 is 0 Å². The lowest BCUT2D eigenvalue weighted by Crippen LogP contribution is -2.39. The van der Waals surface area contributed by atoms with Crippen LogP contribution in [0.4, 0.5) is 0 Å². The molecule has 7 heteroatoms. The molecule has 6 nitrogen and oxygen atoms in total. The van der Waals surface area contributed by atoms with Crippen molar-refractivity contribution in [3.8, 4) is 0 Å². The number of likely N-dealkylation sites (tertiary alicyclic amines) is 1. The van der Waals surface area contributed by atoms with Gasteiger partial charge in [0.1, 0.15) is 6.54 Å². The van der Waals surface area contributed by atoms with E-state index in [1.165, 1.54) is 5.01 Å². The van der Waals surface area contributed by atoms with Gasteiger partial charge in [-0.2, -0.15) is 0 Å². The predicted octanol–water partition coefficient (Wildman–Crippen LogP) is 1.99. The van der Waals surface area contributed by atoms with E-state index in [1.807, 2.05) is 11.8 Å². The minimum Gasteiger partial charge on any atom is -0.357 e. The van der Waals surface area contributed by atoms with Crippen LogP contribution >= 0.6 is 11.3 Å². The molecule has 0 atom stereocenters. The van der Waals surface area contributed by atoms with Crippen molar-refractivity contribution in [1.82, 2.24) is 20.5 Å². The molecule has 0 radical (unpaired) electrons. The predicted molar refractivity (Wildman–Crippen MR) is 99.7 cm³/mol. The van der Waals surface area contributed by atoms with Crippen LogP contribution in [-0.4, -0.2) is 54.5 Å². The Morgan fingerprint density at radius 2 is 2.12 bits per heavy atom. The molecule has 1 amide bonds. The molecule has 2 rings (SSSR count). The molecule has 0 aliphatic carbocycles. The third-order valence-electron chi connectivity index (χ3n) is 3.91. The van der Waals surface area contributed by atoms with Crippen molar-refractivity contribution in [2.45, 2.75) is 46.0 Å². The molecule has 0 saturated carbocycles. The summed E-state index contributed by atoms with van der Waals surface area (Å²) in [6.07, 6.45) is 3.08. The van der Waals surface area contributed by atoms with Gasteiger partial charge in [0, 0.05) is 43.9 Å². The number of aromatic nitrogens is 1. The molecule has 0 unspecified atom stereocenters. The molecule has 1 fully saturated rings. The van der Waals surface area contributed by atoms with E-state index in [4.69, 9.17) is 0 Å². The lowest BCUT2D eigenvalue weighted by Gasteiger charge is -2.15. The highest BCUT2D eigenvalue weighted by Crippen LogP contribution is 2.19. The Bertz CT molecular complexity index is 549. The maximum Gasteiger partial charge on any atom is 0.244 e. The SMILES string of the molecule is CCNC(=NCC(=O)N1CCCC1)NCCc1csc(C(C)C)n1. The highest BCUT2D eigenvalue weighted by Gasteiger charge is 2.17. The smallest absolute Gasteiger partial charge is 0.244 e. The zero-order chi connectivity index (χ0) is 17.4. The van der Waals surface area contributed by atoms with Crippen LogP contribution in [0.5, 0.6) is 0 Å². The maximum atomic E-state index is 12.1. The molecule has 0 spiro atoms. The van der Waals surface area contributed by atoms with E-state index in [2.05, 4.69) is 39.8 Å². The van der Waals surface area contributed by atoms with Crippen LogP contribution in [0, 0.1) is 0 Å². The third kappa shape index (κ3) is 5.78. The van der Waals surface area contributed by atoms with Crippen LogP contribution in [0.1, 0.15) is 50.2 Å². The molecular weight excluding hydrogens is 322 g/mol. The molecule has 1 aromatic heterocycles. The van der Waals surface area contributed by atoms with Gasteiger partial charge in [0.05, 0.1) is 10.7 Å². The highest BCUT2D eigenvalue weighted by atomic mass is 32.1. The Labute approximate surface area is 148 Å². The number of nitrogens with one attached hydrogen (secondary N) is 2. The number of rotatable bonds is 7. The second-order valence-electron chi connectivity index (χ2n) is 6.29. The number of amides is 1. The number of carbonyl (C=O) groups is 1. The number of thiazole rings is 1. The van der Waals surface area contributed by atoms with Crippen LogP contribution in [0.2, 0.25) is 0 Å². The standard InChI is InChI=1S/C17H29N5OS/c1-4-18-17(20-11-15(23)22-9-5-6-10-22)19-8-7-14-12-24-16(21-14)13(2)3/h12-13H,4-11H2,1-3H3,(H2,18,19,20). The lowest BCUT2D eigenvalue weighted by molar-refractivity contribution is -0.128. The second kappa shape index (κ2) is 9.61. The van der Waals surface area contributed by atoms with Crippen molar-refractivity contribution in [1.29, 1.82) is 0 Å². The van der Waals surface area contributed by atoms with E-state index in [0.717, 1.165) is 51.1 Å². The summed E-state index contributed by atoms with van der Waals surface area (Å²) in [6, 6.07) is 0. The summed E-state index contributed by atoms with van der Waals surface area (Å²) in [7, 11) is 0. The summed E-state index contributed by atoms with van der Waals surface area (Å²) in [6.45, 7) is 9.84. The first kappa shape index (κ1) is 18.7. The van der Waals surface area contributed by atoms with Gasteiger partial charge >= 0.3 is 0 Å². The zero-order valence-corrected chi connectivity index (χ0v) is 15.8. The van der Waals surface area contributed by atoms with Gasteiger partial charge in [0.15, 0.2) is 5.96 Å². The molecular formula is C17H29N5OS. The van der Waals surface area contributed by atoms with E-state index in [9.17, 15) is 4.79 Å². The Balaban J connectivity index is 1.78. The third-order valence-corrected chi connectivity index (χ3v) is 5.11. The number of guanidine groups is 1. The summed E-state index contributed by atoms with van der Waals surface area (Å²) in [5.74, 6) is 1.29. The van der Waals surface area contributed by atoms with Gasteiger partial charge < -0.3 is 15.5 Å². The van der Waals surface area contributed by atoms with Crippen molar-refractivity contribution >= 4 is 23.2 Å². The van der Waals surface area contributed by atoms with Crippen LogP contribution in [0.15, 0.2) is 10.4 Å². The zero-order valence-electron chi connectivity index (χ0n) is 15.0. The summed E-state index contributed by atoms with van der Waals surface area (Å²) >= 11 is 1.72. The first-order chi connectivity index (χ1) is 11.6. The van der Waals surface area contributed by atoms with Crippen molar-refractivity contribution < 1.29 is 4.79 Å². The van der Waals surface area contributed by atoms with Crippen molar-refractivity contribution in [2.24, 2.45) is 4.99 Å². The first-order valence-corrected chi connectivity index (χ1v) is 9.72. The number of aliphatic imine (C=N–C) groups is 1. The van der Waals surface area contributed by atoms with E-state index >= 15 is 0 Å². The fourth-order valence-electron chi connectivity index (χ4n) is 2.57. The number of hydrogen-bond acceptors (Lipinski definition) is 4. The molecule has 1 saturated heterocycles. The summed E-state index contributed by atoms with van der Waals surface area (Å²) in [4.78, 5) is 23.0. The van der Waals surface area contributed by atoms with Crippen molar-refractivity contribution in [2.75, 3.05) is 32.7 Å². The normalized spacial score (nSPS) is 15.2. The van der Waals surface area contributed by atoms with Gasteiger partial charge in [-0.3, -0.25) is 4.79 Å². The van der Waals surface area contributed by atoms with E-state index in [0.29, 0.717) is 11.9 Å². The topological polar surface area (TPSA) is 69.6 Å². The molecule has 24 heavy (non-hydrogen) atoms. The minimum absolute atomic E-state index is 0.116. The molecule has 0 aromatic carbocycles. The number of hydrogen-bond donors (Lipinski definition) is 2. The molecule has 1 aliphatic heterocycles. The van der Waals surface area contributed by atoms with Gasteiger partial charge in [-0.25, -0.2) is 9.98 Å². The first-order valence-electron chi connectivity index (χ1n) is 8.84. The van der Waals surface area contributed by atoms with Crippen LogP contribution in [0.25, 0.3) is 0 Å². The fraction of sp³-hybridized carbons (Fsp3) is 0.706. The van der Waals surface area contributed by atoms with Crippen molar-refractivity contribution in [3.63, 3.8) is 0 Å². The molecule has 2 N–H and O–H groups in total. The van der Waals surface area contributed by atoms with Crippen LogP contribution in [-0.2, 0) is 11.2 Å². The van der Waals surface area contributed by atoms with Gasteiger partial charge in [-0.1, -0.05) is 13.8 Å². The summed E-state index contributed by atoms with van der Waals surface area (Å²) in [5, 5.41) is 9.78. The van der Waals surface area contributed by atoms with Gasteiger partial charge in [0.2, 0.25) is 5.91 Å². The molecule has 2 heterocycles. The maximum absolute atomic E-state index is 12.1. The Morgan fingerprint density at radius 1 is 1.38 bits per heavy atom. The Hall–Kier alpha value is -1.63. The quantitative estimate of drug-likeness (QED) is 0.582. The van der Waals surface area contributed by atoms with E-state index in [-0.39, 0.29) is 12.5 Å². The van der Waals surface area contributed by atoms with E-state index in [1.54, 1.807) is 11.3 Å². The van der Waals surface area contributed by atoms with Crippen molar-refractivity contribution in [3.05, 3.63) is 16.1 Å². The Morgan fingerprint density at radius 3 is 2.75 bits per heavy atom. The Kier molecular flexibility index (Phi) is 7.49. The van der Waals surface area contributed by atoms with Crippen LogP contribution in [0.3, 0.4) is 0 Å². The molecule has 1 aromatic rings. The number of nitrogens with zero attached hydrogens (tertiary/aromatic N) is 3. The van der Waals surface area contributed by atoms with Gasteiger partial charge in [0.25, 0.3) is 0 Å². The second-order valence-corrected chi connectivity index (χ2v) is 7.18.